The van der Waals surface area contributed by atoms with Crippen LogP contribution in [0.4, 0.5) is 10.1 Å². The van der Waals surface area contributed by atoms with Crippen LogP contribution in [0.1, 0.15) is 16.7 Å². The summed E-state index contributed by atoms with van der Waals surface area (Å²) in [6, 6.07) is 10.1. The van der Waals surface area contributed by atoms with E-state index in [1.807, 2.05) is 25.1 Å². The van der Waals surface area contributed by atoms with Gasteiger partial charge in [-0.3, -0.25) is 0 Å². The van der Waals surface area contributed by atoms with Gasteiger partial charge in [-0.1, -0.05) is 17.3 Å². The summed E-state index contributed by atoms with van der Waals surface area (Å²) in [7, 11) is 0. The zero-order chi connectivity index (χ0) is 15.4. The standard InChI is InChI=1S/C15H15BrFN3O/c1-9-2-5-14(13(16)6-9)19-8-10-3-4-11(17)7-12(10)15(18)20-21/h2-7,19,21H,8H2,1H3,(H2,18,20). The smallest absolute Gasteiger partial charge is 0.170 e. The third-order valence-electron chi connectivity index (χ3n) is 3.05. The molecule has 4 N–H and O–H groups in total. The van der Waals surface area contributed by atoms with E-state index in [-0.39, 0.29) is 5.84 Å². The van der Waals surface area contributed by atoms with Gasteiger partial charge >= 0.3 is 0 Å². The third kappa shape index (κ3) is 3.72. The Hall–Kier alpha value is -2.08. The monoisotopic (exact) mass is 351 g/mol. The summed E-state index contributed by atoms with van der Waals surface area (Å²) in [4.78, 5) is 0. The van der Waals surface area contributed by atoms with E-state index >= 15 is 0 Å². The lowest BCUT2D eigenvalue weighted by Gasteiger charge is -2.12. The Morgan fingerprint density at radius 2 is 2.10 bits per heavy atom. The van der Waals surface area contributed by atoms with Crippen LogP contribution >= 0.6 is 15.9 Å². The predicted octanol–water partition coefficient (Wildman–Crippen LogP) is 3.60. The number of nitrogens with one attached hydrogen (secondary N) is 1. The predicted molar refractivity (Wildman–Crippen MR) is 85.1 cm³/mol. The number of oxime groups is 1. The highest BCUT2D eigenvalue weighted by Gasteiger charge is 2.09. The second-order valence-corrected chi connectivity index (χ2v) is 5.48. The molecule has 0 unspecified atom stereocenters. The molecule has 110 valence electrons. The summed E-state index contributed by atoms with van der Waals surface area (Å²) in [5, 5.41) is 14.9. The quantitative estimate of drug-likeness (QED) is 0.341. The number of anilines is 1. The molecule has 2 rings (SSSR count). The molecule has 6 heteroatoms. The van der Waals surface area contributed by atoms with Gasteiger partial charge < -0.3 is 16.3 Å². The molecular weight excluding hydrogens is 337 g/mol. The van der Waals surface area contributed by atoms with E-state index in [4.69, 9.17) is 10.9 Å². The van der Waals surface area contributed by atoms with Gasteiger partial charge in [-0.05, 0) is 58.2 Å². The second kappa shape index (κ2) is 6.58. The van der Waals surface area contributed by atoms with Crippen LogP contribution in [0.5, 0.6) is 0 Å². The maximum Gasteiger partial charge on any atom is 0.170 e. The molecule has 21 heavy (non-hydrogen) atoms. The van der Waals surface area contributed by atoms with Crippen LogP contribution in [-0.2, 0) is 6.54 Å². The third-order valence-corrected chi connectivity index (χ3v) is 3.71. The fourth-order valence-electron chi connectivity index (χ4n) is 1.95. The minimum atomic E-state index is -0.433. The second-order valence-electron chi connectivity index (χ2n) is 4.62. The van der Waals surface area contributed by atoms with E-state index in [0.29, 0.717) is 12.1 Å². The van der Waals surface area contributed by atoms with Gasteiger partial charge in [0.1, 0.15) is 5.82 Å². The molecule has 0 bridgehead atoms. The van der Waals surface area contributed by atoms with Crippen molar-refractivity contribution in [2.75, 3.05) is 5.32 Å². The lowest BCUT2D eigenvalue weighted by Crippen LogP contribution is -2.17. The van der Waals surface area contributed by atoms with Crippen LogP contribution < -0.4 is 11.1 Å². The first-order chi connectivity index (χ1) is 10.0. The zero-order valence-corrected chi connectivity index (χ0v) is 13.0. The van der Waals surface area contributed by atoms with Crippen LogP contribution in [0.15, 0.2) is 46.0 Å². The van der Waals surface area contributed by atoms with Gasteiger partial charge in [0.25, 0.3) is 0 Å². The molecule has 0 aliphatic heterocycles. The number of hydrogen-bond donors (Lipinski definition) is 3. The molecule has 0 aliphatic carbocycles. The maximum atomic E-state index is 13.3. The Morgan fingerprint density at radius 1 is 1.33 bits per heavy atom. The van der Waals surface area contributed by atoms with Crippen molar-refractivity contribution in [3.05, 3.63) is 63.4 Å². The van der Waals surface area contributed by atoms with E-state index in [1.54, 1.807) is 6.07 Å². The fourth-order valence-corrected chi connectivity index (χ4v) is 2.58. The lowest BCUT2D eigenvalue weighted by molar-refractivity contribution is 0.318. The number of halogens is 2. The summed E-state index contributed by atoms with van der Waals surface area (Å²) in [6.07, 6.45) is 0. The Kier molecular flexibility index (Phi) is 4.80. The van der Waals surface area contributed by atoms with Gasteiger partial charge in [-0.25, -0.2) is 4.39 Å². The molecule has 0 atom stereocenters. The van der Waals surface area contributed by atoms with Crippen molar-refractivity contribution in [1.82, 2.24) is 0 Å². The highest BCUT2D eigenvalue weighted by Crippen LogP contribution is 2.24. The van der Waals surface area contributed by atoms with Gasteiger partial charge in [-0.15, -0.1) is 0 Å². The van der Waals surface area contributed by atoms with E-state index < -0.39 is 5.82 Å². The van der Waals surface area contributed by atoms with Crippen molar-refractivity contribution >= 4 is 27.5 Å². The molecule has 4 nitrogen and oxygen atoms in total. The molecule has 0 heterocycles. The van der Waals surface area contributed by atoms with Crippen LogP contribution in [0.25, 0.3) is 0 Å². The Labute approximate surface area is 130 Å². The number of benzene rings is 2. The highest BCUT2D eigenvalue weighted by atomic mass is 79.9. The summed E-state index contributed by atoms with van der Waals surface area (Å²) in [5.41, 5.74) is 8.74. The molecule has 2 aromatic rings. The summed E-state index contributed by atoms with van der Waals surface area (Å²) < 4.78 is 14.2. The molecule has 0 spiro atoms. The summed E-state index contributed by atoms with van der Waals surface area (Å²) >= 11 is 3.48. The van der Waals surface area contributed by atoms with Crippen LogP contribution in [0.3, 0.4) is 0 Å². The highest BCUT2D eigenvalue weighted by molar-refractivity contribution is 9.10. The summed E-state index contributed by atoms with van der Waals surface area (Å²) in [6.45, 7) is 2.43. The average Bonchev–Trinajstić information content (AvgIpc) is 2.46. The van der Waals surface area contributed by atoms with Crippen LogP contribution in [-0.4, -0.2) is 11.0 Å². The molecular formula is C15H15BrFN3O. The topological polar surface area (TPSA) is 70.6 Å². The van der Waals surface area contributed by atoms with Gasteiger partial charge in [0, 0.05) is 22.3 Å². The maximum absolute atomic E-state index is 13.3. The average molecular weight is 352 g/mol. The Balaban J connectivity index is 2.24. The first-order valence-electron chi connectivity index (χ1n) is 6.27. The molecule has 0 radical (unpaired) electrons. The number of nitrogens with zero attached hydrogens (tertiary/aromatic N) is 1. The van der Waals surface area contributed by atoms with Crippen LogP contribution in [0, 0.1) is 12.7 Å². The minimum Gasteiger partial charge on any atom is -0.409 e. The molecule has 0 saturated heterocycles. The normalized spacial score (nSPS) is 11.5. The fraction of sp³-hybridized carbons (Fsp3) is 0.133. The molecule has 0 fully saturated rings. The van der Waals surface area contributed by atoms with E-state index in [0.717, 1.165) is 21.3 Å². The first-order valence-corrected chi connectivity index (χ1v) is 7.07. The molecule has 0 aliphatic rings. The van der Waals surface area contributed by atoms with Crippen molar-refractivity contribution in [3.8, 4) is 0 Å². The van der Waals surface area contributed by atoms with Gasteiger partial charge in [0.2, 0.25) is 0 Å². The van der Waals surface area contributed by atoms with Gasteiger partial charge in [0.15, 0.2) is 5.84 Å². The van der Waals surface area contributed by atoms with E-state index in [1.165, 1.54) is 12.1 Å². The number of aryl methyl sites for hydroxylation is 1. The molecule has 0 aromatic heterocycles. The molecule has 0 saturated carbocycles. The number of hydrogen-bond acceptors (Lipinski definition) is 3. The van der Waals surface area contributed by atoms with Crippen LogP contribution in [0.2, 0.25) is 0 Å². The number of rotatable bonds is 4. The van der Waals surface area contributed by atoms with E-state index in [9.17, 15) is 4.39 Å². The largest absolute Gasteiger partial charge is 0.409 e. The lowest BCUT2D eigenvalue weighted by atomic mass is 10.1. The number of nitrogens with two attached hydrogens (primary N) is 1. The SMILES string of the molecule is Cc1ccc(NCc2ccc(F)cc2C(N)=NO)c(Br)c1. The molecule has 2 aromatic carbocycles. The van der Waals surface area contributed by atoms with E-state index in [2.05, 4.69) is 26.4 Å². The zero-order valence-electron chi connectivity index (χ0n) is 11.4. The van der Waals surface area contributed by atoms with Crippen molar-refractivity contribution in [3.63, 3.8) is 0 Å². The van der Waals surface area contributed by atoms with Crippen molar-refractivity contribution in [2.24, 2.45) is 10.9 Å². The molecule has 0 amide bonds. The van der Waals surface area contributed by atoms with Crippen molar-refractivity contribution in [1.29, 1.82) is 0 Å². The van der Waals surface area contributed by atoms with Gasteiger partial charge in [0.05, 0.1) is 0 Å². The summed E-state index contributed by atoms with van der Waals surface area (Å²) in [5.74, 6) is -0.550. The van der Waals surface area contributed by atoms with Gasteiger partial charge in [-0.2, -0.15) is 0 Å². The van der Waals surface area contributed by atoms with Crippen molar-refractivity contribution in [2.45, 2.75) is 13.5 Å². The Bertz CT molecular complexity index is 689. The first kappa shape index (κ1) is 15.3. The minimum absolute atomic E-state index is 0.116. The Morgan fingerprint density at radius 3 is 2.76 bits per heavy atom. The number of amidine groups is 1. The van der Waals surface area contributed by atoms with Crippen molar-refractivity contribution < 1.29 is 9.60 Å².